The van der Waals surface area contributed by atoms with Crippen LogP contribution in [-0.2, 0) is 0 Å². The van der Waals surface area contributed by atoms with Crippen molar-refractivity contribution >= 4 is 11.6 Å². The first-order valence-corrected chi connectivity index (χ1v) is 7.01. The van der Waals surface area contributed by atoms with Gasteiger partial charge in [0.25, 0.3) is 0 Å². The monoisotopic (exact) mass is 280 g/mol. The predicted octanol–water partition coefficient (Wildman–Crippen LogP) is 1.82. The molecule has 2 aromatic rings. The Balaban J connectivity index is 1.63. The van der Waals surface area contributed by atoms with Crippen LogP contribution in [0.2, 0.25) is 0 Å². The molecule has 1 aliphatic heterocycles. The Bertz CT molecular complexity index is 619. The molecule has 3 rings (SSSR count). The third-order valence-corrected chi connectivity index (χ3v) is 3.64. The summed E-state index contributed by atoms with van der Waals surface area (Å²) in [6.45, 7) is 1.81. The van der Waals surface area contributed by atoms with Crippen molar-refractivity contribution in [3.8, 4) is 6.07 Å². The fourth-order valence-corrected chi connectivity index (χ4v) is 2.58. The molecule has 0 unspecified atom stereocenters. The van der Waals surface area contributed by atoms with E-state index in [0.29, 0.717) is 11.6 Å². The van der Waals surface area contributed by atoms with Gasteiger partial charge in [0.15, 0.2) is 5.82 Å². The van der Waals surface area contributed by atoms with E-state index >= 15 is 0 Å². The molecule has 2 aromatic heterocycles. The zero-order valence-electron chi connectivity index (χ0n) is 11.6. The molecule has 6 nitrogen and oxygen atoms in total. The molecule has 0 aliphatic carbocycles. The first kappa shape index (κ1) is 13.3. The third-order valence-electron chi connectivity index (χ3n) is 3.64. The van der Waals surface area contributed by atoms with Crippen LogP contribution in [0.15, 0.2) is 36.7 Å². The van der Waals surface area contributed by atoms with Crippen LogP contribution in [0.25, 0.3) is 0 Å². The molecule has 1 atom stereocenters. The average Bonchev–Trinajstić information content (AvgIpc) is 3.03. The van der Waals surface area contributed by atoms with E-state index in [4.69, 9.17) is 5.26 Å². The molecule has 0 spiro atoms. The van der Waals surface area contributed by atoms with Gasteiger partial charge in [-0.25, -0.2) is 4.98 Å². The molecule has 1 fully saturated rings. The molecule has 1 aliphatic rings. The van der Waals surface area contributed by atoms with Crippen molar-refractivity contribution in [1.29, 1.82) is 5.26 Å². The van der Waals surface area contributed by atoms with Crippen molar-refractivity contribution in [3.05, 3.63) is 42.2 Å². The Morgan fingerprint density at radius 3 is 3.05 bits per heavy atom. The van der Waals surface area contributed by atoms with Crippen LogP contribution in [0.4, 0.5) is 11.6 Å². The molecule has 0 saturated carbocycles. The van der Waals surface area contributed by atoms with Crippen LogP contribution in [0.5, 0.6) is 0 Å². The van der Waals surface area contributed by atoms with Crippen LogP contribution < -0.4 is 10.2 Å². The number of anilines is 2. The first-order valence-electron chi connectivity index (χ1n) is 7.01. The van der Waals surface area contributed by atoms with Crippen molar-refractivity contribution in [2.75, 3.05) is 23.3 Å². The molecule has 106 valence electrons. The molecule has 1 N–H and O–H groups in total. The number of hydrogen-bond donors (Lipinski definition) is 1. The third kappa shape index (κ3) is 3.08. The van der Waals surface area contributed by atoms with Gasteiger partial charge >= 0.3 is 0 Å². The van der Waals surface area contributed by atoms with Crippen LogP contribution in [0.1, 0.15) is 18.4 Å². The van der Waals surface area contributed by atoms with Crippen LogP contribution in [0.3, 0.4) is 0 Å². The van der Waals surface area contributed by atoms with E-state index in [-0.39, 0.29) is 0 Å². The van der Waals surface area contributed by atoms with E-state index < -0.39 is 0 Å². The number of nitriles is 1. The van der Waals surface area contributed by atoms with Gasteiger partial charge in [0.2, 0.25) is 0 Å². The van der Waals surface area contributed by atoms with Crippen molar-refractivity contribution in [3.63, 3.8) is 0 Å². The Labute approximate surface area is 123 Å². The normalized spacial score (nSPS) is 17.5. The average molecular weight is 280 g/mol. The molecule has 0 aromatic carbocycles. The summed E-state index contributed by atoms with van der Waals surface area (Å²) in [5.41, 5.74) is 0.572. The zero-order valence-corrected chi connectivity index (χ0v) is 11.6. The summed E-state index contributed by atoms with van der Waals surface area (Å²) in [6, 6.07) is 9.96. The molecule has 3 heterocycles. The highest BCUT2D eigenvalue weighted by molar-refractivity contribution is 5.42. The molecular formula is C15H16N6. The van der Waals surface area contributed by atoms with E-state index in [1.807, 2.05) is 18.2 Å². The molecule has 0 amide bonds. The Hall–Kier alpha value is -2.68. The maximum absolute atomic E-state index is 8.76. The molecular weight excluding hydrogens is 264 g/mol. The number of hydrogen-bond acceptors (Lipinski definition) is 6. The summed E-state index contributed by atoms with van der Waals surface area (Å²) in [6.07, 6.45) is 5.55. The summed E-state index contributed by atoms with van der Waals surface area (Å²) in [7, 11) is 0. The van der Waals surface area contributed by atoms with E-state index in [0.717, 1.165) is 37.6 Å². The van der Waals surface area contributed by atoms with E-state index in [9.17, 15) is 0 Å². The van der Waals surface area contributed by atoms with Gasteiger partial charge in [-0.2, -0.15) is 10.4 Å². The van der Waals surface area contributed by atoms with Crippen LogP contribution in [0, 0.1) is 11.3 Å². The number of nitrogens with zero attached hydrogens (tertiary/aromatic N) is 5. The summed E-state index contributed by atoms with van der Waals surface area (Å²) < 4.78 is 0. The maximum atomic E-state index is 8.76. The van der Waals surface area contributed by atoms with Gasteiger partial charge in [0, 0.05) is 31.5 Å². The van der Waals surface area contributed by atoms with E-state index in [2.05, 4.69) is 31.5 Å². The van der Waals surface area contributed by atoms with Gasteiger partial charge in [0.05, 0.1) is 5.56 Å². The van der Waals surface area contributed by atoms with Gasteiger partial charge in [-0.1, -0.05) is 0 Å². The second-order valence-electron chi connectivity index (χ2n) is 5.00. The lowest BCUT2D eigenvalue weighted by atomic mass is 10.2. The molecule has 1 saturated heterocycles. The second-order valence-corrected chi connectivity index (χ2v) is 5.00. The lowest BCUT2D eigenvalue weighted by Crippen LogP contribution is -2.35. The lowest BCUT2D eigenvalue weighted by molar-refractivity contribution is 0.685. The van der Waals surface area contributed by atoms with Crippen molar-refractivity contribution in [2.45, 2.75) is 18.9 Å². The van der Waals surface area contributed by atoms with Crippen molar-refractivity contribution in [2.24, 2.45) is 0 Å². The Kier molecular flexibility index (Phi) is 3.92. The van der Waals surface area contributed by atoms with Crippen molar-refractivity contribution < 1.29 is 0 Å². The SMILES string of the molecule is N#Cc1ccc(NC[C@@H]2CCCN2c2cccnn2)nc1. The minimum Gasteiger partial charge on any atom is -0.368 e. The quantitative estimate of drug-likeness (QED) is 0.920. The highest BCUT2D eigenvalue weighted by Gasteiger charge is 2.25. The molecule has 21 heavy (non-hydrogen) atoms. The standard InChI is InChI=1S/C15H16N6/c16-9-12-5-6-14(17-10-12)18-11-13-3-2-8-21(13)15-4-1-7-19-20-15/h1,4-7,10,13H,2-3,8,11H2,(H,17,18)/t13-/m0/s1. The summed E-state index contributed by atoms with van der Waals surface area (Å²) in [5.74, 6) is 1.72. The van der Waals surface area contributed by atoms with Gasteiger partial charge in [-0.15, -0.1) is 5.10 Å². The Morgan fingerprint density at radius 2 is 2.33 bits per heavy atom. The van der Waals surface area contributed by atoms with Gasteiger partial charge in [0.1, 0.15) is 11.9 Å². The minimum atomic E-state index is 0.388. The van der Waals surface area contributed by atoms with Crippen LogP contribution >= 0.6 is 0 Å². The molecule has 0 radical (unpaired) electrons. The predicted molar refractivity (Wildman–Crippen MR) is 79.8 cm³/mol. The van der Waals surface area contributed by atoms with Crippen molar-refractivity contribution in [1.82, 2.24) is 15.2 Å². The summed E-state index contributed by atoms with van der Waals surface area (Å²) in [5, 5.41) is 20.2. The number of rotatable bonds is 4. The van der Waals surface area contributed by atoms with Crippen LogP contribution in [-0.4, -0.2) is 34.3 Å². The number of pyridine rings is 1. The Morgan fingerprint density at radius 1 is 1.38 bits per heavy atom. The number of aromatic nitrogens is 3. The molecule has 6 heteroatoms. The topological polar surface area (TPSA) is 77.7 Å². The summed E-state index contributed by atoms with van der Waals surface area (Å²) >= 11 is 0. The molecule has 0 bridgehead atoms. The zero-order chi connectivity index (χ0) is 14.5. The number of nitrogens with one attached hydrogen (secondary N) is 1. The minimum absolute atomic E-state index is 0.388. The van der Waals surface area contributed by atoms with Gasteiger partial charge in [-0.3, -0.25) is 0 Å². The highest BCUT2D eigenvalue weighted by atomic mass is 15.3. The fraction of sp³-hybridized carbons (Fsp3) is 0.333. The lowest BCUT2D eigenvalue weighted by Gasteiger charge is -2.25. The van der Waals surface area contributed by atoms with E-state index in [1.165, 1.54) is 0 Å². The first-order chi connectivity index (χ1) is 10.4. The second kappa shape index (κ2) is 6.18. The highest BCUT2D eigenvalue weighted by Crippen LogP contribution is 2.23. The van der Waals surface area contributed by atoms with Gasteiger partial charge < -0.3 is 10.2 Å². The van der Waals surface area contributed by atoms with Gasteiger partial charge in [-0.05, 0) is 37.1 Å². The van der Waals surface area contributed by atoms with E-state index in [1.54, 1.807) is 18.5 Å². The fourth-order valence-electron chi connectivity index (χ4n) is 2.58. The maximum Gasteiger partial charge on any atom is 0.151 e. The smallest absolute Gasteiger partial charge is 0.151 e. The summed E-state index contributed by atoms with van der Waals surface area (Å²) in [4.78, 5) is 6.51. The largest absolute Gasteiger partial charge is 0.368 e.